The molecule has 0 aliphatic rings. The second-order valence-electron chi connectivity index (χ2n) is 4.09. The molecule has 0 radical (unpaired) electrons. The summed E-state index contributed by atoms with van der Waals surface area (Å²) in [6, 6.07) is 14.7. The first-order chi connectivity index (χ1) is 9.06. The van der Waals surface area contributed by atoms with Crippen molar-refractivity contribution >= 4 is 37.6 Å². The van der Waals surface area contributed by atoms with Crippen LogP contribution in [-0.4, -0.2) is 11.9 Å². The minimum atomic E-state index is -0.512. The molecule has 0 heterocycles. The van der Waals surface area contributed by atoms with Gasteiger partial charge in [-0.2, -0.15) is 0 Å². The van der Waals surface area contributed by atoms with Gasteiger partial charge in [0.1, 0.15) is 5.75 Å². The summed E-state index contributed by atoms with van der Waals surface area (Å²) >= 11 is 6.70. The van der Waals surface area contributed by atoms with E-state index in [0.717, 1.165) is 8.95 Å². The Morgan fingerprint density at radius 3 is 1.95 bits per heavy atom. The fourth-order valence-electron chi connectivity index (χ4n) is 1.62. The maximum absolute atomic E-state index is 12.2. The average molecular weight is 384 g/mol. The van der Waals surface area contributed by atoms with Crippen LogP contribution < -0.4 is 4.74 Å². The van der Waals surface area contributed by atoms with E-state index < -0.39 is 6.10 Å². The molecule has 98 valence electrons. The van der Waals surface area contributed by atoms with E-state index in [1.807, 2.05) is 36.4 Å². The number of Topliss-reactive ketones (excluding diaryl/α,β-unsaturated/α-hetero) is 1. The van der Waals surface area contributed by atoms with Crippen molar-refractivity contribution in [1.82, 2.24) is 0 Å². The zero-order valence-corrected chi connectivity index (χ0v) is 13.4. The molecule has 0 aliphatic heterocycles. The van der Waals surface area contributed by atoms with Gasteiger partial charge in [-0.05, 0) is 43.3 Å². The maximum atomic E-state index is 12.2. The summed E-state index contributed by atoms with van der Waals surface area (Å²) in [5, 5.41) is 0. The largest absolute Gasteiger partial charge is 0.483 e. The predicted octanol–water partition coefficient (Wildman–Crippen LogP) is 4.86. The first kappa shape index (κ1) is 14.3. The van der Waals surface area contributed by atoms with Gasteiger partial charge in [0.2, 0.25) is 5.78 Å². The molecule has 0 bridgehead atoms. The molecule has 0 aromatic heterocycles. The molecule has 0 fully saturated rings. The Morgan fingerprint density at radius 2 is 1.42 bits per heavy atom. The number of hydrogen-bond donors (Lipinski definition) is 0. The fourth-order valence-corrected chi connectivity index (χ4v) is 2.15. The minimum Gasteiger partial charge on any atom is -0.483 e. The Hall–Kier alpha value is -1.13. The molecule has 2 aromatic rings. The smallest absolute Gasteiger partial charge is 0.202 e. The second kappa shape index (κ2) is 6.35. The van der Waals surface area contributed by atoms with E-state index in [0.29, 0.717) is 11.3 Å². The van der Waals surface area contributed by atoms with Gasteiger partial charge in [-0.3, -0.25) is 4.79 Å². The van der Waals surface area contributed by atoms with Gasteiger partial charge in [-0.1, -0.05) is 44.0 Å². The van der Waals surface area contributed by atoms with E-state index in [-0.39, 0.29) is 5.78 Å². The van der Waals surface area contributed by atoms with Crippen molar-refractivity contribution in [3.05, 3.63) is 63.0 Å². The molecule has 2 rings (SSSR count). The van der Waals surface area contributed by atoms with Crippen LogP contribution in [0.2, 0.25) is 0 Å². The van der Waals surface area contributed by atoms with Gasteiger partial charge in [0.05, 0.1) is 0 Å². The zero-order valence-electron chi connectivity index (χ0n) is 10.3. The van der Waals surface area contributed by atoms with Gasteiger partial charge in [0.15, 0.2) is 6.10 Å². The molecule has 0 saturated carbocycles. The van der Waals surface area contributed by atoms with E-state index >= 15 is 0 Å². The van der Waals surface area contributed by atoms with E-state index in [1.54, 1.807) is 19.1 Å². The SMILES string of the molecule is C[C@H](Oc1ccc(Br)cc1)C(=O)c1ccc(Br)cc1. The number of carbonyl (C=O) groups excluding carboxylic acids is 1. The van der Waals surface area contributed by atoms with Gasteiger partial charge >= 0.3 is 0 Å². The lowest BCUT2D eigenvalue weighted by molar-refractivity contribution is 0.0818. The highest BCUT2D eigenvalue weighted by Crippen LogP contribution is 2.19. The Bertz CT molecular complexity index is 562. The van der Waals surface area contributed by atoms with Crippen LogP contribution in [0, 0.1) is 0 Å². The summed E-state index contributed by atoms with van der Waals surface area (Å²) in [6.45, 7) is 1.76. The number of hydrogen-bond acceptors (Lipinski definition) is 2. The molecule has 19 heavy (non-hydrogen) atoms. The zero-order chi connectivity index (χ0) is 13.8. The van der Waals surface area contributed by atoms with Crippen molar-refractivity contribution in [2.45, 2.75) is 13.0 Å². The van der Waals surface area contributed by atoms with E-state index in [9.17, 15) is 4.79 Å². The van der Waals surface area contributed by atoms with Crippen molar-refractivity contribution in [3.63, 3.8) is 0 Å². The molecule has 0 aliphatic carbocycles. The van der Waals surface area contributed by atoms with Gasteiger partial charge in [0, 0.05) is 14.5 Å². The first-order valence-corrected chi connectivity index (χ1v) is 7.37. The van der Waals surface area contributed by atoms with Crippen molar-refractivity contribution in [3.8, 4) is 5.75 Å². The van der Waals surface area contributed by atoms with Crippen LogP contribution in [0.25, 0.3) is 0 Å². The summed E-state index contributed by atoms with van der Waals surface area (Å²) < 4.78 is 7.56. The molecular weight excluding hydrogens is 372 g/mol. The van der Waals surface area contributed by atoms with Crippen LogP contribution in [0.5, 0.6) is 5.75 Å². The van der Waals surface area contributed by atoms with E-state index in [1.165, 1.54) is 0 Å². The molecule has 0 spiro atoms. The Kier molecular flexibility index (Phi) is 4.77. The summed E-state index contributed by atoms with van der Waals surface area (Å²) in [7, 11) is 0. The van der Waals surface area contributed by atoms with E-state index in [2.05, 4.69) is 31.9 Å². The molecular formula is C15H12Br2O2. The number of rotatable bonds is 4. The van der Waals surface area contributed by atoms with Crippen LogP contribution in [0.1, 0.15) is 17.3 Å². The maximum Gasteiger partial charge on any atom is 0.202 e. The van der Waals surface area contributed by atoms with Crippen LogP contribution >= 0.6 is 31.9 Å². The standard InChI is InChI=1S/C15H12Br2O2/c1-10(19-14-8-6-13(17)7-9-14)15(18)11-2-4-12(16)5-3-11/h2-10H,1H3/t10-/m0/s1. The molecule has 0 N–H and O–H groups in total. The third-order valence-corrected chi connectivity index (χ3v) is 3.68. The van der Waals surface area contributed by atoms with Gasteiger partial charge < -0.3 is 4.74 Å². The van der Waals surface area contributed by atoms with Gasteiger partial charge in [-0.25, -0.2) is 0 Å². The lowest BCUT2D eigenvalue weighted by Gasteiger charge is -2.13. The molecule has 0 amide bonds. The van der Waals surface area contributed by atoms with Crippen LogP contribution in [-0.2, 0) is 0 Å². The van der Waals surface area contributed by atoms with Crippen molar-refractivity contribution in [2.75, 3.05) is 0 Å². The minimum absolute atomic E-state index is 0.0320. The van der Waals surface area contributed by atoms with Crippen molar-refractivity contribution in [2.24, 2.45) is 0 Å². The monoisotopic (exact) mass is 382 g/mol. The number of carbonyl (C=O) groups is 1. The predicted molar refractivity (Wildman–Crippen MR) is 82.7 cm³/mol. The third kappa shape index (κ3) is 3.91. The highest BCUT2D eigenvalue weighted by Gasteiger charge is 2.16. The molecule has 1 atom stereocenters. The lowest BCUT2D eigenvalue weighted by Crippen LogP contribution is -2.23. The van der Waals surface area contributed by atoms with Crippen molar-refractivity contribution < 1.29 is 9.53 Å². The van der Waals surface area contributed by atoms with Crippen LogP contribution in [0.4, 0.5) is 0 Å². The Morgan fingerprint density at radius 1 is 0.947 bits per heavy atom. The third-order valence-electron chi connectivity index (χ3n) is 2.62. The number of ether oxygens (including phenoxy) is 1. The lowest BCUT2D eigenvalue weighted by atomic mass is 10.1. The highest BCUT2D eigenvalue weighted by molar-refractivity contribution is 9.10. The highest BCUT2D eigenvalue weighted by atomic mass is 79.9. The Labute approximate surface area is 129 Å². The van der Waals surface area contributed by atoms with Crippen LogP contribution in [0.15, 0.2) is 57.5 Å². The van der Waals surface area contributed by atoms with Crippen molar-refractivity contribution in [1.29, 1.82) is 0 Å². The summed E-state index contributed by atoms with van der Waals surface area (Å²) in [5.41, 5.74) is 0.646. The average Bonchev–Trinajstić information content (AvgIpc) is 2.41. The Balaban J connectivity index is 2.07. The topological polar surface area (TPSA) is 26.3 Å². The molecule has 2 aromatic carbocycles. The molecule has 4 heteroatoms. The number of halogens is 2. The first-order valence-electron chi connectivity index (χ1n) is 5.78. The summed E-state index contributed by atoms with van der Waals surface area (Å²) in [6.07, 6.45) is -0.512. The number of benzene rings is 2. The molecule has 2 nitrogen and oxygen atoms in total. The van der Waals surface area contributed by atoms with Gasteiger partial charge in [0.25, 0.3) is 0 Å². The fraction of sp³-hybridized carbons (Fsp3) is 0.133. The summed E-state index contributed by atoms with van der Waals surface area (Å²) in [5.74, 6) is 0.650. The normalized spacial score (nSPS) is 11.9. The van der Waals surface area contributed by atoms with Crippen LogP contribution in [0.3, 0.4) is 0 Å². The number of ketones is 1. The second-order valence-corrected chi connectivity index (χ2v) is 5.92. The molecule has 0 unspecified atom stereocenters. The van der Waals surface area contributed by atoms with E-state index in [4.69, 9.17) is 4.74 Å². The van der Waals surface area contributed by atoms with Gasteiger partial charge in [-0.15, -0.1) is 0 Å². The quantitative estimate of drug-likeness (QED) is 0.704. The summed E-state index contributed by atoms with van der Waals surface area (Å²) in [4.78, 5) is 12.2. The molecule has 0 saturated heterocycles.